The highest BCUT2D eigenvalue weighted by molar-refractivity contribution is 6.35. The smallest absolute Gasteiger partial charge is 0.339 e. The molecule has 2 rings (SSSR count). The highest BCUT2D eigenvalue weighted by Gasteiger charge is 2.20. The number of ether oxygens (including phenoxy) is 2. The van der Waals surface area contributed by atoms with Crippen molar-refractivity contribution in [1.29, 1.82) is 0 Å². The highest BCUT2D eigenvalue weighted by Crippen LogP contribution is 2.31. The lowest BCUT2D eigenvalue weighted by molar-refractivity contribution is 0.0479. The van der Waals surface area contributed by atoms with Crippen LogP contribution in [0.15, 0.2) is 30.3 Å². The first-order chi connectivity index (χ1) is 12.9. The van der Waals surface area contributed by atoms with E-state index >= 15 is 0 Å². The Bertz CT molecular complexity index is 854. The normalized spacial score (nSPS) is 10.4. The van der Waals surface area contributed by atoms with Gasteiger partial charge in [0, 0.05) is 22.8 Å². The Balaban J connectivity index is 2.29. The lowest BCUT2D eigenvalue weighted by Gasteiger charge is -2.13. The highest BCUT2D eigenvalue weighted by atomic mass is 35.5. The predicted molar refractivity (Wildman–Crippen MR) is 104 cm³/mol. The second-order valence-electron chi connectivity index (χ2n) is 5.45. The van der Waals surface area contributed by atoms with Crippen LogP contribution < -0.4 is 5.32 Å². The van der Waals surface area contributed by atoms with Gasteiger partial charge >= 0.3 is 11.9 Å². The van der Waals surface area contributed by atoms with Gasteiger partial charge in [-0.1, -0.05) is 23.2 Å². The SMILES string of the molecule is CCOC(=O)c1ccc(NCc2cc(Cl)cc(Cl)c2O)cc1C(=O)OCC. The molecule has 0 aliphatic carbocycles. The lowest BCUT2D eigenvalue weighted by atomic mass is 10.1. The van der Waals surface area contributed by atoms with Gasteiger partial charge in [-0.15, -0.1) is 0 Å². The molecule has 0 spiro atoms. The Morgan fingerprint density at radius 2 is 1.63 bits per heavy atom. The molecule has 0 amide bonds. The Morgan fingerprint density at radius 1 is 1.00 bits per heavy atom. The van der Waals surface area contributed by atoms with Crippen molar-refractivity contribution in [2.45, 2.75) is 20.4 Å². The molecule has 0 saturated carbocycles. The lowest BCUT2D eigenvalue weighted by Crippen LogP contribution is -2.14. The maximum atomic E-state index is 12.2. The summed E-state index contributed by atoms with van der Waals surface area (Å²) >= 11 is 11.9. The molecule has 0 aliphatic rings. The van der Waals surface area contributed by atoms with Crippen molar-refractivity contribution < 1.29 is 24.2 Å². The molecule has 0 heterocycles. The number of carbonyl (C=O) groups is 2. The molecular weight excluding hydrogens is 393 g/mol. The number of halogens is 2. The number of hydrogen-bond donors (Lipinski definition) is 2. The van der Waals surface area contributed by atoms with Crippen LogP contribution in [0.25, 0.3) is 0 Å². The summed E-state index contributed by atoms with van der Waals surface area (Å²) in [6.07, 6.45) is 0. The Kier molecular flexibility index (Phi) is 7.33. The molecule has 0 aromatic heterocycles. The largest absolute Gasteiger partial charge is 0.506 e. The fourth-order valence-electron chi connectivity index (χ4n) is 2.37. The molecule has 2 N–H and O–H groups in total. The molecule has 0 radical (unpaired) electrons. The van der Waals surface area contributed by atoms with Crippen molar-refractivity contribution in [2.75, 3.05) is 18.5 Å². The second-order valence-corrected chi connectivity index (χ2v) is 6.29. The summed E-state index contributed by atoms with van der Waals surface area (Å²) in [4.78, 5) is 24.3. The monoisotopic (exact) mass is 411 g/mol. The summed E-state index contributed by atoms with van der Waals surface area (Å²) in [5.74, 6) is -1.31. The van der Waals surface area contributed by atoms with Gasteiger partial charge in [-0.3, -0.25) is 0 Å². The first-order valence-corrected chi connectivity index (χ1v) is 9.02. The van der Waals surface area contributed by atoms with Crippen molar-refractivity contribution >= 4 is 40.8 Å². The van der Waals surface area contributed by atoms with Crippen LogP contribution in [0.5, 0.6) is 5.75 Å². The van der Waals surface area contributed by atoms with Crippen LogP contribution in [0, 0.1) is 0 Å². The number of anilines is 1. The van der Waals surface area contributed by atoms with E-state index in [9.17, 15) is 14.7 Å². The summed E-state index contributed by atoms with van der Waals surface area (Å²) < 4.78 is 9.99. The molecule has 2 aromatic carbocycles. The zero-order valence-electron chi connectivity index (χ0n) is 14.8. The van der Waals surface area contributed by atoms with E-state index in [1.807, 2.05) is 0 Å². The molecule has 0 saturated heterocycles. The molecule has 6 nitrogen and oxygen atoms in total. The molecule has 27 heavy (non-hydrogen) atoms. The van der Waals surface area contributed by atoms with Crippen LogP contribution in [-0.2, 0) is 16.0 Å². The fraction of sp³-hybridized carbons (Fsp3) is 0.263. The van der Waals surface area contributed by atoms with E-state index in [1.54, 1.807) is 26.0 Å². The molecule has 0 aliphatic heterocycles. The third kappa shape index (κ3) is 5.28. The number of aromatic hydroxyl groups is 1. The number of carbonyl (C=O) groups excluding carboxylic acids is 2. The molecule has 8 heteroatoms. The van der Waals surface area contributed by atoms with Crippen LogP contribution in [-0.4, -0.2) is 30.3 Å². The zero-order chi connectivity index (χ0) is 20.0. The van der Waals surface area contributed by atoms with Crippen molar-refractivity contribution in [2.24, 2.45) is 0 Å². The first kappa shape index (κ1) is 20.9. The van der Waals surface area contributed by atoms with Crippen LogP contribution >= 0.6 is 23.2 Å². The van der Waals surface area contributed by atoms with Gasteiger partial charge in [-0.2, -0.15) is 0 Å². The van der Waals surface area contributed by atoms with E-state index in [0.29, 0.717) is 16.3 Å². The summed E-state index contributed by atoms with van der Waals surface area (Å²) in [5.41, 5.74) is 1.24. The van der Waals surface area contributed by atoms with Gasteiger partial charge < -0.3 is 19.9 Å². The molecule has 144 valence electrons. The minimum absolute atomic E-state index is 0.0812. The maximum absolute atomic E-state index is 12.2. The van der Waals surface area contributed by atoms with E-state index in [-0.39, 0.29) is 41.7 Å². The van der Waals surface area contributed by atoms with Crippen LogP contribution in [0.3, 0.4) is 0 Å². The number of phenolic OH excluding ortho intramolecular Hbond substituents is 1. The van der Waals surface area contributed by atoms with Crippen molar-refractivity contribution in [1.82, 2.24) is 0 Å². The Hall–Kier alpha value is -2.44. The van der Waals surface area contributed by atoms with Gasteiger partial charge in [-0.25, -0.2) is 9.59 Å². The van der Waals surface area contributed by atoms with Crippen molar-refractivity contribution in [3.05, 3.63) is 57.1 Å². The number of nitrogens with one attached hydrogen (secondary N) is 1. The molecule has 0 bridgehead atoms. The van der Waals surface area contributed by atoms with Crippen molar-refractivity contribution in [3.8, 4) is 5.75 Å². The number of phenols is 1. The van der Waals surface area contributed by atoms with E-state index in [2.05, 4.69) is 5.32 Å². The summed E-state index contributed by atoms with van der Waals surface area (Å²) in [7, 11) is 0. The Morgan fingerprint density at radius 3 is 2.26 bits per heavy atom. The first-order valence-electron chi connectivity index (χ1n) is 8.26. The molecular formula is C19H19Cl2NO5. The predicted octanol–water partition coefficient (Wildman–Crippen LogP) is 4.66. The minimum atomic E-state index is -0.627. The average molecular weight is 412 g/mol. The van der Waals surface area contributed by atoms with E-state index in [4.69, 9.17) is 32.7 Å². The number of benzene rings is 2. The Labute approximate surface area is 167 Å². The summed E-state index contributed by atoms with van der Waals surface area (Å²) in [6.45, 7) is 3.92. The van der Waals surface area contributed by atoms with E-state index in [0.717, 1.165) is 0 Å². The van der Waals surface area contributed by atoms with Gasteiger partial charge in [0.25, 0.3) is 0 Å². The van der Waals surface area contributed by atoms with Crippen molar-refractivity contribution in [3.63, 3.8) is 0 Å². The van der Waals surface area contributed by atoms with Gasteiger partial charge in [0.15, 0.2) is 0 Å². The van der Waals surface area contributed by atoms with Gasteiger partial charge in [0.2, 0.25) is 0 Å². The molecule has 0 fully saturated rings. The fourth-order valence-corrected chi connectivity index (χ4v) is 2.91. The topological polar surface area (TPSA) is 84.9 Å². The molecule has 0 atom stereocenters. The van der Waals surface area contributed by atoms with Crippen LogP contribution in [0.1, 0.15) is 40.1 Å². The van der Waals surface area contributed by atoms with Crippen LogP contribution in [0.4, 0.5) is 5.69 Å². The van der Waals surface area contributed by atoms with E-state index < -0.39 is 11.9 Å². The quantitative estimate of drug-likeness (QED) is 0.644. The number of esters is 2. The zero-order valence-corrected chi connectivity index (χ0v) is 16.4. The van der Waals surface area contributed by atoms with E-state index in [1.165, 1.54) is 18.2 Å². The van der Waals surface area contributed by atoms with Gasteiger partial charge in [0.05, 0.1) is 29.4 Å². The van der Waals surface area contributed by atoms with Crippen LogP contribution in [0.2, 0.25) is 10.0 Å². The summed E-state index contributed by atoms with van der Waals surface area (Å²) in [5, 5.41) is 13.6. The number of hydrogen-bond acceptors (Lipinski definition) is 6. The molecule has 2 aromatic rings. The third-order valence-corrected chi connectivity index (χ3v) is 4.11. The molecule has 0 unspecified atom stereocenters. The number of rotatable bonds is 7. The van der Waals surface area contributed by atoms with Gasteiger partial charge in [-0.05, 0) is 44.2 Å². The van der Waals surface area contributed by atoms with Gasteiger partial charge in [0.1, 0.15) is 5.75 Å². The second kappa shape index (κ2) is 9.48. The summed E-state index contributed by atoms with van der Waals surface area (Å²) in [6, 6.07) is 7.62. The standard InChI is InChI=1S/C19H19Cl2NO5/c1-3-26-18(24)14-6-5-13(9-15(14)19(25)27-4-2)22-10-11-7-12(20)8-16(21)17(11)23/h5-9,22-23H,3-4,10H2,1-2H3. The minimum Gasteiger partial charge on any atom is -0.506 e. The average Bonchev–Trinajstić information content (AvgIpc) is 2.63. The third-order valence-electron chi connectivity index (χ3n) is 3.60. The maximum Gasteiger partial charge on any atom is 0.339 e.